The molecule has 17 heavy (non-hydrogen) atoms. The molecular weight excluding hydrogens is 224 g/mol. The second-order valence-corrected chi connectivity index (χ2v) is 3.59. The summed E-state index contributed by atoms with van der Waals surface area (Å²) in [4.78, 5) is 22.4. The van der Waals surface area contributed by atoms with E-state index in [9.17, 15) is 14.7 Å². The molecule has 2 unspecified atom stereocenters. The number of nitrogens with two attached hydrogens (primary N) is 1. The molecule has 0 fully saturated rings. The van der Waals surface area contributed by atoms with Gasteiger partial charge in [0, 0.05) is 6.04 Å². The van der Waals surface area contributed by atoms with Crippen molar-refractivity contribution in [3.8, 4) is 0 Å². The first-order valence-electron chi connectivity index (χ1n) is 5.50. The van der Waals surface area contributed by atoms with Crippen molar-refractivity contribution in [2.24, 2.45) is 5.73 Å². The van der Waals surface area contributed by atoms with Crippen molar-refractivity contribution >= 4 is 11.9 Å². The topological polar surface area (TPSA) is 102 Å². The van der Waals surface area contributed by atoms with E-state index in [1.165, 1.54) is 6.08 Å². The van der Waals surface area contributed by atoms with E-state index in [0.29, 0.717) is 6.42 Å². The number of hydrogen-bond acceptors (Lipinski definition) is 5. The lowest BCUT2D eigenvalue weighted by molar-refractivity contribution is -0.144. The lowest BCUT2D eigenvalue weighted by Crippen LogP contribution is -2.47. The largest absolute Gasteiger partial charge is 0.460 e. The summed E-state index contributed by atoms with van der Waals surface area (Å²) in [5.41, 5.74) is 5.57. The second kappa shape index (κ2) is 8.72. The summed E-state index contributed by atoms with van der Waals surface area (Å²) in [6, 6.07) is -0.621. The fraction of sp³-hybridized carbons (Fsp3) is 0.636. The van der Waals surface area contributed by atoms with Crippen molar-refractivity contribution in [3.05, 3.63) is 12.7 Å². The molecule has 0 saturated heterocycles. The van der Waals surface area contributed by atoms with Crippen LogP contribution in [0, 0.1) is 0 Å². The van der Waals surface area contributed by atoms with Crippen molar-refractivity contribution < 1.29 is 19.4 Å². The molecule has 0 aliphatic rings. The number of esters is 1. The van der Waals surface area contributed by atoms with E-state index in [1.807, 2.05) is 6.92 Å². The van der Waals surface area contributed by atoms with E-state index in [2.05, 4.69) is 16.6 Å². The van der Waals surface area contributed by atoms with Gasteiger partial charge in [-0.2, -0.15) is 0 Å². The van der Waals surface area contributed by atoms with Crippen LogP contribution in [-0.4, -0.2) is 42.3 Å². The number of hydrogen-bond donors (Lipinski definition) is 3. The average Bonchev–Trinajstić information content (AvgIpc) is 2.32. The number of carbonyl (C=O) groups excluding carboxylic acids is 2. The van der Waals surface area contributed by atoms with Gasteiger partial charge in [0.1, 0.15) is 19.3 Å². The Kier molecular flexibility index (Phi) is 8.00. The van der Waals surface area contributed by atoms with Crippen LogP contribution < -0.4 is 11.1 Å². The minimum atomic E-state index is -1.30. The zero-order valence-corrected chi connectivity index (χ0v) is 10.0. The zero-order chi connectivity index (χ0) is 13.3. The summed E-state index contributed by atoms with van der Waals surface area (Å²) in [5, 5.41) is 11.8. The molecule has 0 aliphatic carbocycles. The van der Waals surface area contributed by atoms with Crippen LogP contribution in [0.1, 0.15) is 19.8 Å². The van der Waals surface area contributed by atoms with Crippen molar-refractivity contribution in [3.63, 3.8) is 0 Å². The van der Waals surface area contributed by atoms with E-state index in [4.69, 9.17) is 5.73 Å². The van der Waals surface area contributed by atoms with Crippen LogP contribution in [0.4, 0.5) is 0 Å². The number of rotatable bonds is 8. The summed E-state index contributed by atoms with van der Waals surface area (Å²) in [6.07, 6.45) is 1.43. The van der Waals surface area contributed by atoms with E-state index < -0.39 is 24.0 Å². The first-order valence-corrected chi connectivity index (χ1v) is 5.50. The Hall–Kier alpha value is -1.40. The molecule has 0 aromatic rings. The third-order valence-electron chi connectivity index (χ3n) is 2.07. The van der Waals surface area contributed by atoms with E-state index in [-0.39, 0.29) is 13.2 Å². The Labute approximate surface area is 101 Å². The van der Waals surface area contributed by atoms with Crippen molar-refractivity contribution in [2.75, 3.05) is 13.2 Å². The average molecular weight is 244 g/mol. The number of aliphatic hydroxyl groups excluding tert-OH is 1. The Balaban J connectivity index is 3.92. The van der Waals surface area contributed by atoms with Gasteiger partial charge in [0.05, 0.1) is 0 Å². The fourth-order valence-electron chi connectivity index (χ4n) is 1.15. The van der Waals surface area contributed by atoms with Crippen LogP contribution in [0.15, 0.2) is 12.7 Å². The molecule has 0 saturated carbocycles. The molecule has 0 aromatic carbocycles. The molecule has 6 heteroatoms. The minimum absolute atomic E-state index is 0.0899. The normalized spacial score (nSPS) is 13.6. The van der Waals surface area contributed by atoms with E-state index in [1.54, 1.807) is 0 Å². The molecule has 4 N–H and O–H groups in total. The Morgan fingerprint density at radius 2 is 2.24 bits per heavy atom. The SMILES string of the molecule is C=CCOC(=O)CNC(=O)C(O)C(N)CCC. The van der Waals surface area contributed by atoms with Crippen LogP contribution in [0.5, 0.6) is 0 Å². The monoisotopic (exact) mass is 244 g/mol. The molecule has 0 aromatic heterocycles. The maximum atomic E-state index is 11.4. The standard InChI is InChI=1S/C11H20N2O4/c1-3-5-8(12)10(15)11(16)13-7-9(14)17-6-4-2/h4,8,10,15H,2-3,5-7,12H2,1H3,(H,13,16). The highest BCUT2D eigenvalue weighted by Crippen LogP contribution is 1.99. The van der Waals surface area contributed by atoms with Crippen LogP contribution in [0.25, 0.3) is 0 Å². The van der Waals surface area contributed by atoms with Crippen LogP contribution in [-0.2, 0) is 14.3 Å². The maximum absolute atomic E-state index is 11.4. The number of nitrogens with one attached hydrogen (secondary N) is 1. The van der Waals surface area contributed by atoms with Crippen LogP contribution in [0.2, 0.25) is 0 Å². The van der Waals surface area contributed by atoms with Gasteiger partial charge in [-0.25, -0.2) is 0 Å². The number of ether oxygens (including phenoxy) is 1. The molecule has 98 valence electrons. The molecule has 2 atom stereocenters. The molecule has 0 aliphatic heterocycles. The van der Waals surface area contributed by atoms with E-state index in [0.717, 1.165) is 6.42 Å². The predicted molar refractivity (Wildman–Crippen MR) is 63.1 cm³/mol. The summed E-state index contributed by atoms with van der Waals surface area (Å²) in [6.45, 7) is 5.08. The molecule has 1 amide bonds. The molecular formula is C11H20N2O4. The Morgan fingerprint density at radius 1 is 1.59 bits per heavy atom. The molecule has 6 nitrogen and oxygen atoms in total. The highest BCUT2D eigenvalue weighted by molar-refractivity contribution is 5.85. The van der Waals surface area contributed by atoms with Gasteiger partial charge in [-0.05, 0) is 6.42 Å². The second-order valence-electron chi connectivity index (χ2n) is 3.59. The Morgan fingerprint density at radius 3 is 2.76 bits per heavy atom. The third kappa shape index (κ3) is 6.70. The third-order valence-corrected chi connectivity index (χ3v) is 2.07. The first-order chi connectivity index (χ1) is 8.02. The summed E-state index contributed by atoms with van der Waals surface area (Å²) in [7, 11) is 0. The lowest BCUT2D eigenvalue weighted by atomic mass is 10.1. The van der Waals surface area contributed by atoms with Gasteiger partial charge in [0.2, 0.25) is 0 Å². The van der Waals surface area contributed by atoms with Crippen LogP contribution >= 0.6 is 0 Å². The first kappa shape index (κ1) is 15.6. The van der Waals surface area contributed by atoms with Gasteiger partial charge in [-0.1, -0.05) is 26.0 Å². The van der Waals surface area contributed by atoms with Gasteiger partial charge in [-0.15, -0.1) is 0 Å². The number of carbonyl (C=O) groups is 2. The lowest BCUT2D eigenvalue weighted by Gasteiger charge is -2.17. The molecule has 0 heterocycles. The summed E-state index contributed by atoms with van der Waals surface area (Å²) < 4.78 is 4.64. The number of amides is 1. The molecule has 0 bridgehead atoms. The van der Waals surface area contributed by atoms with Gasteiger partial charge in [0.25, 0.3) is 5.91 Å². The summed E-state index contributed by atoms with van der Waals surface area (Å²) in [5.74, 6) is -1.25. The smallest absolute Gasteiger partial charge is 0.325 e. The molecule has 0 radical (unpaired) electrons. The quantitative estimate of drug-likeness (QED) is 0.388. The van der Waals surface area contributed by atoms with E-state index >= 15 is 0 Å². The van der Waals surface area contributed by atoms with Gasteiger partial charge >= 0.3 is 5.97 Å². The van der Waals surface area contributed by atoms with Crippen molar-refractivity contribution in [1.29, 1.82) is 0 Å². The fourth-order valence-corrected chi connectivity index (χ4v) is 1.15. The highest BCUT2D eigenvalue weighted by atomic mass is 16.5. The van der Waals surface area contributed by atoms with Crippen molar-refractivity contribution in [2.45, 2.75) is 31.9 Å². The predicted octanol–water partition coefficient (Wildman–Crippen LogP) is -0.680. The van der Waals surface area contributed by atoms with Gasteiger partial charge < -0.3 is 20.9 Å². The highest BCUT2D eigenvalue weighted by Gasteiger charge is 2.22. The Bertz CT molecular complexity index is 268. The zero-order valence-electron chi connectivity index (χ0n) is 10.0. The number of aliphatic hydroxyl groups is 1. The van der Waals surface area contributed by atoms with Gasteiger partial charge in [0.15, 0.2) is 0 Å². The summed E-state index contributed by atoms with van der Waals surface area (Å²) >= 11 is 0. The van der Waals surface area contributed by atoms with Gasteiger partial charge in [-0.3, -0.25) is 9.59 Å². The van der Waals surface area contributed by atoms with Crippen LogP contribution in [0.3, 0.4) is 0 Å². The maximum Gasteiger partial charge on any atom is 0.325 e. The van der Waals surface area contributed by atoms with Crippen molar-refractivity contribution in [1.82, 2.24) is 5.32 Å². The molecule has 0 spiro atoms. The minimum Gasteiger partial charge on any atom is -0.460 e. The molecule has 0 rings (SSSR count).